The molecule has 0 aromatic heterocycles. The first-order valence-corrected chi connectivity index (χ1v) is 5.91. The Morgan fingerprint density at radius 1 is 1.56 bits per heavy atom. The van der Waals surface area contributed by atoms with E-state index in [1.165, 1.54) is 0 Å². The highest BCUT2D eigenvalue weighted by Crippen LogP contribution is 2.33. The number of benzene rings is 1. The van der Waals surface area contributed by atoms with Crippen LogP contribution in [0, 0.1) is 12.8 Å². The molecule has 1 aliphatic carbocycles. The molecule has 16 heavy (non-hydrogen) atoms. The van der Waals surface area contributed by atoms with Crippen molar-refractivity contribution in [2.45, 2.75) is 32.3 Å². The Bertz CT molecular complexity index is 410. The summed E-state index contributed by atoms with van der Waals surface area (Å²) in [5.74, 6) is 0.0741. The Labute approximate surface area is 100 Å². The quantitative estimate of drug-likeness (QED) is 0.875. The van der Waals surface area contributed by atoms with Crippen molar-refractivity contribution in [3.8, 4) is 0 Å². The average molecular weight is 239 g/mol. The maximum atomic E-state index is 11.7. The number of aryl methyl sites for hydroxylation is 1. The van der Waals surface area contributed by atoms with E-state index in [9.17, 15) is 9.90 Å². The number of hydrogen-bond donors (Lipinski definition) is 1. The van der Waals surface area contributed by atoms with Gasteiger partial charge in [-0.2, -0.15) is 0 Å². The predicted octanol–water partition coefficient (Wildman–Crippen LogP) is 2.53. The van der Waals surface area contributed by atoms with Crippen molar-refractivity contribution >= 4 is 17.4 Å². The zero-order valence-corrected chi connectivity index (χ0v) is 10.00. The van der Waals surface area contributed by atoms with Crippen LogP contribution in [-0.2, 0) is 11.2 Å². The minimum Gasteiger partial charge on any atom is -0.385 e. The second-order valence-electron chi connectivity index (χ2n) is 4.52. The van der Waals surface area contributed by atoms with E-state index in [2.05, 4.69) is 0 Å². The van der Waals surface area contributed by atoms with Crippen molar-refractivity contribution in [2.24, 2.45) is 5.92 Å². The number of aliphatic hydroxyl groups is 1. The van der Waals surface area contributed by atoms with E-state index in [4.69, 9.17) is 11.6 Å². The van der Waals surface area contributed by atoms with Gasteiger partial charge in [0.1, 0.15) is 6.10 Å². The van der Waals surface area contributed by atoms with Crippen LogP contribution in [0.2, 0.25) is 5.02 Å². The molecule has 1 fully saturated rings. The van der Waals surface area contributed by atoms with Gasteiger partial charge in [0.05, 0.1) is 0 Å². The lowest BCUT2D eigenvalue weighted by molar-refractivity contribution is -0.127. The van der Waals surface area contributed by atoms with E-state index in [0.29, 0.717) is 5.02 Å². The Kier molecular flexibility index (Phi) is 3.31. The molecule has 86 valence electrons. The minimum atomic E-state index is -0.794. The molecule has 1 aromatic rings. The van der Waals surface area contributed by atoms with Gasteiger partial charge >= 0.3 is 0 Å². The number of ketones is 1. The molecule has 0 saturated heterocycles. The molecule has 1 atom stereocenters. The summed E-state index contributed by atoms with van der Waals surface area (Å²) in [7, 11) is 0. The Morgan fingerprint density at radius 2 is 2.25 bits per heavy atom. The molecule has 2 nitrogen and oxygen atoms in total. The van der Waals surface area contributed by atoms with Gasteiger partial charge < -0.3 is 5.11 Å². The topological polar surface area (TPSA) is 37.3 Å². The van der Waals surface area contributed by atoms with Crippen molar-refractivity contribution in [1.29, 1.82) is 0 Å². The van der Waals surface area contributed by atoms with Gasteiger partial charge in [0.15, 0.2) is 5.78 Å². The van der Waals surface area contributed by atoms with Crippen LogP contribution in [0.4, 0.5) is 0 Å². The van der Waals surface area contributed by atoms with Gasteiger partial charge in [0.25, 0.3) is 0 Å². The second kappa shape index (κ2) is 4.56. The molecule has 0 heterocycles. The number of aliphatic hydroxyl groups excluding tert-OH is 1. The molecule has 1 saturated carbocycles. The lowest BCUT2D eigenvalue weighted by Gasteiger charge is -2.09. The average Bonchev–Trinajstić information content (AvgIpc) is 3.04. The summed E-state index contributed by atoms with van der Waals surface area (Å²) in [6.07, 6.45) is 1.37. The van der Waals surface area contributed by atoms with Crippen molar-refractivity contribution < 1.29 is 9.90 Å². The van der Waals surface area contributed by atoms with Crippen LogP contribution in [-0.4, -0.2) is 17.0 Å². The summed E-state index contributed by atoms with van der Waals surface area (Å²) in [6.45, 7) is 1.95. The first-order chi connectivity index (χ1) is 7.58. The summed E-state index contributed by atoms with van der Waals surface area (Å²) >= 11 is 6.04. The molecular weight excluding hydrogens is 224 g/mol. The van der Waals surface area contributed by atoms with Gasteiger partial charge in [-0.15, -0.1) is 0 Å². The molecule has 1 aromatic carbocycles. The standard InChI is InChI=1S/C13H15ClO2/c1-8-2-3-10(11(14)6-8)7-12(15)13(16)9-4-5-9/h2-3,6,9,13,16H,4-5,7H2,1H3. The smallest absolute Gasteiger partial charge is 0.165 e. The van der Waals surface area contributed by atoms with E-state index >= 15 is 0 Å². The molecule has 0 aliphatic heterocycles. The molecule has 3 heteroatoms. The Hall–Kier alpha value is -0.860. The maximum Gasteiger partial charge on any atom is 0.165 e. The molecule has 0 radical (unpaired) electrons. The predicted molar refractivity (Wildman–Crippen MR) is 63.6 cm³/mol. The fourth-order valence-corrected chi connectivity index (χ4v) is 2.06. The van der Waals surface area contributed by atoms with Crippen molar-refractivity contribution in [3.63, 3.8) is 0 Å². The third-order valence-electron chi connectivity index (χ3n) is 2.97. The fourth-order valence-electron chi connectivity index (χ4n) is 1.76. The SMILES string of the molecule is Cc1ccc(CC(=O)C(O)C2CC2)c(Cl)c1. The van der Waals surface area contributed by atoms with E-state index in [0.717, 1.165) is 24.0 Å². The van der Waals surface area contributed by atoms with Crippen LogP contribution in [0.1, 0.15) is 24.0 Å². The number of hydrogen-bond acceptors (Lipinski definition) is 2. The number of carbonyl (C=O) groups is 1. The zero-order chi connectivity index (χ0) is 11.7. The van der Waals surface area contributed by atoms with Crippen LogP contribution < -0.4 is 0 Å². The summed E-state index contributed by atoms with van der Waals surface area (Å²) in [5.41, 5.74) is 1.88. The molecular formula is C13H15ClO2. The highest BCUT2D eigenvalue weighted by atomic mass is 35.5. The lowest BCUT2D eigenvalue weighted by atomic mass is 10.0. The Balaban J connectivity index is 2.05. The lowest BCUT2D eigenvalue weighted by Crippen LogP contribution is -2.24. The van der Waals surface area contributed by atoms with Gasteiger partial charge in [-0.1, -0.05) is 23.7 Å². The normalized spacial score (nSPS) is 17.2. The first kappa shape index (κ1) is 11.6. The molecule has 0 spiro atoms. The Morgan fingerprint density at radius 3 is 2.81 bits per heavy atom. The van der Waals surface area contributed by atoms with Crippen molar-refractivity contribution in [1.82, 2.24) is 0 Å². The molecule has 0 bridgehead atoms. The van der Waals surface area contributed by atoms with Gasteiger partial charge in [-0.3, -0.25) is 4.79 Å². The minimum absolute atomic E-state index is 0.117. The third kappa shape index (κ3) is 2.63. The highest BCUT2D eigenvalue weighted by molar-refractivity contribution is 6.31. The van der Waals surface area contributed by atoms with Crippen molar-refractivity contribution in [2.75, 3.05) is 0 Å². The summed E-state index contributed by atoms with van der Waals surface area (Å²) in [5, 5.41) is 10.3. The van der Waals surface area contributed by atoms with Crippen LogP contribution in [0.3, 0.4) is 0 Å². The van der Waals surface area contributed by atoms with E-state index in [-0.39, 0.29) is 18.1 Å². The van der Waals surface area contributed by atoms with Crippen molar-refractivity contribution in [3.05, 3.63) is 34.3 Å². The van der Waals surface area contributed by atoms with Gasteiger partial charge in [0, 0.05) is 11.4 Å². The largest absolute Gasteiger partial charge is 0.385 e. The molecule has 2 rings (SSSR count). The zero-order valence-electron chi connectivity index (χ0n) is 9.24. The van der Waals surface area contributed by atoms with Crippen LogP contribution in [0.5, 0.6) is 0 Å². The van der Waals surface area contributed by atoms with Gasteiger partial charge in [0.2, 0.25) is 0 Å². The number of halogens is 1. The van der Waals surface area contributed by atoms with Crippen LogP contribution in [0.15, 0.2) is 18.2 Å². The fraction of sp³-hybridized carbons (Fsp3) is 0.462. The summed E-state index contributed by atoms with van der Waals surface area (Å²) < 4.78 is 0. The van der Waals surface area contributed by atoms with E-state index in [1.54, 1.807) is 0 Å². The summed E-state index contributed by atoms with van der Waals surface area (Å²) in [6, 6.07) is 5.63. The second-order valence-corrected chi connectivity index (χ2v) is 4.93. The third-order valence-corrected chi connectivity index (χ3v) is 3.32. The van der Waals surface area contributed by atoms with Crippen LogP contribution in [0.25, 0.3) is 0 Å². The maximum absolute atomic E-state index is 11.7. The van der Waals surface area contributed by atoms with Crippen LogP contribution >= 0.6 is 11.6 Å². The summed E-state index contributed by atoms with van der Waals surface area (Å²) in [4.78, 5) is 11.7. The molecule has 1 unspecified atom stereocenters. The number of Topliss-reactive ketones (excluding diaryl/α,β-unsaturated/α-hetero) is 1. The highest BCUT2D eigenvalue weighted by Gasteiger charge is 2.34. The number of carbonyl (C=O) groups excluding carboxylic acids is 1. The molecule has 0 amide bonds. The van der Waals surface area contributed by atoms with Gasteiger partial charge in [-0.05, 0) is 42.9 Å². The van der Waals surface area contributed by atoms with E-state index in [1.807, 2.05) is 25.1 Å². The monoisotopic (exact) mass is 238 g/mol. The number of rotatable bonds is 4. The molecule has 1 N–H and O–H groups in total. The molecule has 1 aliphatic rings. The van der Waals surface area contributed by atoms with E-state index < -0.39 is 6.10 Å². The first-order valence-electron chi connectivity index (χ1n) is 5.53. The van der Waals surface area contributed by atoms with Gasteiger partial charge in [-0.25, -0.2) is 0 Å².